The van der Waals surface area contributed by atoms with E-state index in [2.05, 4.69) is 0 Å². The van der Waals surface area contributed by atoms with Gasteiger partial charge >= 0.3 is 5.97 Å². The Labute approximate surface area is 121 Å². The molecule has 3 rings (SSSR count). The molecule has 2 heterocycles. The minimum absolute atomic E-state index is 0.0311. The van der Waals surface area contributed by atoms with Crippen molar-refractivity contribution in [2.24, 2.45) is 0 Å². The Morgan fingerprint density at radius 3 is 2.81 bits per heavy atom. The Morgan fingerprint density at radius 2 is 2.05 bits per heavy atom. The number of hydrogen-bond donors (Lipinski definition) is 1. The van der Waals surface area contributed by atoms with Gasteiger partial charge in [0.05, 0.1) is 6.54 Å². The predicted octanol–water partition coefficient (Wildman–Crippen LogP) is 2.57. The maximum Gasteiger partial charge on any atom is 0.371 e. The first-order valence-corrected chi connectivity index (χ1v) is 6.84. The largest absolute Gasteiger partial charge is 0.475 e. The second kappa shape index (κ2) is 5.44. The molecule has 0 radical (unpaired) electrons. The van der Waals surface area contributed by atoms with Crippen molar-refractivity contribution in [1.29, 1.82) is 0 Å². The topological polar surface area (TPSA) is 70.8 Å². The van der Waals surface area contributed by atoms with Crippen LogP contribution < -0.4 is 0 Å². The number of carbonyl (C=O) groups is 2. The second-order valence-electron chi connectivity index (χ2n) is 5.06. The van der Waals surface area contributed by atoms with Crippen molar-refractivity contribution in [3.63, 3.8) is 0 Å². The zero-order valence-corrected chi connectivity index (χ0v) is 11.4. The van der Waals surface area contributed by atoms with Crippen LogP contribution in [0, 0.1) is 0 Å². The highest BCUT2D eigenvalue weighted by Crippen LogP contribution is 2.20. The summed E-state index contributed by atoms with van der Waals surface area (Å²) in [6, 6.07) is 10.6. The molecular formula is C16H15NO4. The summed E-state index contributed by atoms with van der Waals surface area (Å²) in [5.41, 5.74) is 1.79. The number of carboxylic acids is 1. The standard InChI is InChI=1S/C16H15NO4/c18-15-13-6-2-1-4-11(13)5-3-9-17(15)10-12-7-8-14(21-12)16(19)20/h1-2,4,6-8H,3,5,9-10H2,(H,19,20). The smallest absolute Gasteiger partial charge is 0.371 e. The zero-order valence-electron chi connectivity index (χ0n) is 11.4. The molecule has 108 valence electrons. The summed E-state index contributed by atoms with van der Waals surface area (Å²) < 4.78 is 5.23. The molecule has 0 bridgehead atoms. The molecule has 1 aliphatic rings. The van der Waals surface area contributed by atoms with Crippen molar-refractivity contribution in [3.05, 3.63) is 59.0 Å². The van der Waals surface area contributed by atoms with Crippen molar-refractivity contribution >= 4 is 11.9 Å². The van der Waals surface area contributed by atoms with Crippen LogP contribution in [0.1, 0.15) is 38.7 Å². The average molecular weight is 285 g/mol. The lowest BCUT2D eigenvalue weighted by Crippen LogP contribution is -2.30. The van der Waals surface area contributed by atoms with Crippen LogP contribution in [-0.4, -0.2) is 28.4 Å². The first kappa shape index (κ1) is 13.4. The second-order valence-corrected chi connectivity index (χ2v) is 5.06. The summed E-state index contributed by atoms with van der Waals surface area (Å²) in [4.78, 5) is 25.1. The van der Waals surface area contributed by atoms with Gasteiger partial charge in [-0.3, -0.25) is 4.79 Å². The SMILES string of the molecule is O=C(O)c1ccc(CN2CCCc3ccccc3C2=O)o1. The number of fused-ring (bicyclic) bond motifs is 1. The van der Waals surface area contributed by atoms with Gasteiger partial charge in [0, 0.05) is 12.1 Å². The van der Waals surface area contributed by atoms with E-state index in [1.165, 1.54) is 6.07 Å². The summed E-state index contributed by atoms with van der Waals surface area (Å²) in [5.74, 6) is -0.752. The molecule has 5 nitrogen and oxygen atoms in total. The van der Waals surface area contributed by atoms with E-state index in [0.717, 1.165) is 24.0 Å². The molecule has 0 saturated carbocycles. The predicted molar refractivity (Wildman–Crippen MR) is 75.2 cm³/mol. The van der Waals surface area contributed by atoms with Gasteiger partial charge in [-0.2, -0.15) is 0 Å². The number of furan rings is 1. The molecule has 0 unspecified atom stereocenters. The van der Waals surface area contributed by atoms with Gasteiger partial charge in [0.25, 0.3) is 5.91 Å². The lowest BCUT2D eigenvalue weighted by Gasteiger charge is -2.19. The number of benzene rings is 1. The maximum absolute atomic E-state index is 12.5. The molecule has 1 aromatic heterocycles. The summed E-state index contributed by atoms with van der Waals surface area (Å²) in [6.45, 7) is 0.928. The molecular weight excluding hydrogens is 270 g/mol. The van der Waals surface area contributed by atoms with Crippen LogP contribution in [0.5, 0.6) is 0 Å². The van der Waals surface area contributed by atoms with Gasteiger partial charge in [0.15, 0.2) is 0 Å². The first-order valence-electron chi connectivity index (χ1n) is 6.84. The first-order chi connectivity index (χ1) is 10.1. The molecule has 21 heavy (non-hydrogen) atoms. The number of amides is 1. The molecule has 2 aromatic rings. The number of carbonyl (C=O) groups excluding carboxylic acids is 1. The number of hydrogen-bond acceptors (Lipinski definition) is 3. The van der Waals surface area contributed by atoms with Gasteiger partial charge in [0.2, 0.25) is 5.76 Å². The summed E-state index contributed by atoms with van der Waals surface area (Å²) in [7, 11) is 0. The minimum Gasteiger partial charge on any atom is -0.475 e. The zero-order chi connectivity index (χ0) is 14.8. The average Bonchev–Trinajstić information content (AvgIpc) is 2.89. The Kier molecular flexibility index (Phi) is 3.48. The van der Waals surface area contributed by atoms with Crippen LogP contribution in [0.25, 0.3) is 0 Å². The van der Waals surface area contributed by atoms with E-state index in [1.807, 2.05) is 24.3 Å². The quantitative estimate of drug-likeness (QED) is 0.940. The van der Waals surface area contributed by atoms with Crippen molar-refractivity contribution in [2.45, 2.75) is 19.4 Å². The van der Waals surface area contributed by atoms with Gasteiger partial charge in [-0.05, 0) is 36.6 Å². The Balaban J connectivity index is 1.82. The third-order valence-electron chi connectivity index (χ3n) is 3.63. The monoisotopic (exact) mass is 285 g/mol. The molecule has 5 heteroatoms. The minimum atomic E-state index is -1.10. The van der Waals surface area contributed by atoms with Gasteiger partial charge in [-0.15, -0.1) is 0 Å². The molecule has 1 aliphatic heterocycles. The highest BCUT2D eigenvalue weighted by Gasteiger charge is 2.23. The van der Waals surface area contributed by atoms with Crippen molar-refractivity contribution in [2.75, 3.05) is 6.54 Å². The normalized spacial score (nSPS) is 14.7. The van der Waals surface area contributed by atoms with Crippen LogP contribution in [0.4, 0.5) is 0 Å². The van der Waals surface area contributed by atoms with Gasteiger partial charge in [0.1, 0.15) is 5.76 Å². The fraction of sp³-hybridized carbons (Fsp3) is 0.250. The summed E-state index contributed by atoms with van der Waals surface area (Å²) in [5, 5.41) is 8.86. The molecule has 0 spiro atoms. The third kappa shape index (κ3) is 2.67. The Morgan fingerprint density at radius 1 is 1.24 bits per heavy atom. The summed E-state index contributed by atoms with van der Waals surface area (Å²) >= 11 is 0. The molecule has 0 aliphatic carbocycles. The number of nitrogens with zero attached hydrogens (tertiary/aromatic N) is 1. The van der Waals surface area contributed by atoms with Gasteiger partial charge in [-0.25, -0.2) is 4.79 Å². The fourth-order valence-corrected chi connectivity index (χ4v) is 2.60. The number of aryl methyl sites for hydroxylation is 1. The van der Waals surface area contributed by atoms with Gasteiger partial charge in [-0.1, -0.05) is 18.2 Å². The van der Waals surface area contributed by atoms with Crippen molar-refractivity contribution in [3.8, 4) is 0 Å². The van der Waals surface area contributed by atoms with Crippen molar-refractivity contribution < 1.29 is 19.1 Å². The van der Waals surface area contributed by atoms with Crippen LogP contribution in [0.2, 0.25) is 0 Å². The van der Waals surface area contributed by atoms with Gasteiger partial charge < -0.3 is 14.4 Å². The lowest BCUT2D eigenvalue weighted by atomic mass is 10.0. The number of rotatable bonds is 3. The van der Waals surface area contributed by atoms with E-state index in [9.17, 15) is 9.59 Å². The molecule has 1 aromatic carbocycles. The van der Waals surface area contributed by atoms with E-state index in [1.54, 1.807) is 11.0 Å². The van der Waals surface area contributed by atoms with Crippen LogP contribution in [0.3, 0.4) is 0 Å². The number of aromatic carboxylic acids is 1. The lowest BCUT2D eigenvalue weighted by molar-refractivity contribution is 0.0656. The Bertz CT molecular complexity index is 689. The van der Waals surface area contributed by atoms with E-state index >= 15 is 0 Å². The molecule has 1 amide bonds. The maximum atomic E-state index is 12.5. The van der Waals surface area contributed by atoms with E-state index in [4.69, 9.17) is 9.52 Å². The Hall–Kier alpha value is -2.56. The molecule has 0 saturated heterocycles. The molecule has 1 N–H and O–H groups in total. The summed E-state index contributed by atoms with van der Waals surface area (Å²) in [6.07, 6.45) is 1.76. The van der Waals surface area contributed by atoms with Crippen LogP contribution >= 0.6 is 0 Å². The fourth-order valence-electron chi connectivity index (χ4n) is 2.60. The molecule has 0 fully saturated rings. The van der Waals surface area contributed by atoms with E-state index < -0.39 is 5.97 Å². The third-order valence-corrected chi connectivity index (χ3v) is 3.63. The van der Waals surface area contributed by atoms with E-state index in [0.29, 0.717) is 18.8 Å². The highest BCUT2D eigenvalue weighted by atomic mass is 16.4. The molecule has 0 atom stereocenters. The van der Waals surface area contributed by atoms with Crippen molar-refractivity contribution in [1.82, 2.24) is 4.90 Å². The van der Waals surface area contributed by atoms with E-state index in [-0.39, 0.29) is 11.7 Å². The van der Waals surface area contributed by atoms with Crippen LogP contribution in [0.15, 0.2) is 40.8 Å². The number of carboxylic acid groups (broad SMARTS) is 1. The van der Waals surface area contributed by atoms with Crippen LogP contribution in [-0.2, 0) is 13.0 Å². The highest BCUT2D eigenvalue weighted by molar-refractivity contribution is 5.96.